The Balaban J connectivity index is 2.30. The molecule has 0 saturated heterocycles. The molecule has 2 aromatic heterocycles. The molecule has 0 saturated carbocycles. The van der Waals surface area contributed by atoms with Crippen LogP contribution in [-0.2, 0) is 6.61 Å². The SMILES string of the molecule is CC(C)n1c2cc(F)c(CO)cc2c(=O)c2c3ccc(C#N)cc3[nH]c21. The third-order valence-electron chi connectivity index (χ3n) is 4.73. The Morgan fingerprint density at radius 3 is 2.69 bits per heavy atom. The summed E-state index contributed by atoms with van der Waals surface area (Å²) in [6, 6.07) is 9.89. The number of nitriles is 1. The molecule has 0 aliphatic heterocycles. The first-order chi connectivity index (χ1) is 12.5. The highest BCUT2D eigenvalue weighted by molar-refractivity contribution is 6.10. The van der Waals surface area contributed by atoms with Crippen LogP contribution in [0.3, 0.4) is 0 Å². The zero-order valence-corrected chi connectivity index (χ0v) is 14.3. The maximum Gasteiger partial charge on any atom is 0.199 e. The second-order valence-corrected chi connectivity index (χ2v) is 6.63. The first kappa shape index (κ1) is 16.3. The third kappa shape index (κ3) is 2.14. The van der Waals surface area contributed by atoms with Gasteiger partial charge in [0, 0.05) is 27.9 Å². The van der Waals surface area contributed by atoms with Crippen LogP contribution in [0.5, 0.6) is 0 Å². The summed E-state index contributed by atoms with van der Waals surface area (Å²) in [4.78, 5) is 16.4. The van der Waals surface area contributed by atoms with Crippen LogP contribution in [0.4, 0.5) is 4.39 Å². The van der Waals surface area contributed by atoms with Crippen molar-refractivity contribution in [3.63, 3.8) is 0 Å². The minimum absolute atomic E-state index is 0.0384. The number of aliphatic hydroxyl groups is 1. The van der Waals surface area contributed by atoms with Crippen molar-refractivity contribution in [3.8, 4) is 6.07 Å². The molecular formula is C20H16FN3O2. The summed E-state index contributed by atoms with van der Waals surface area (Å²) in [5, 5.41) is 20.1. The van der Waals surface area contributed by atoms with Gasteiger partial charge in [0.15, 0.2) is 5.43 Å². The molecule has 26 heavy (non-hydrogen) atoms. The van der Waals surface area contributed by atoms with E-state index in [-0.39, 0.29) is 17.0 Å². The quantitative estimate of drug-likeness (QED) is 0.579. The first-order valence-electron chi connectivity index (χ1n) is 8.29. The lowest BCUT2D eigenvalue weighted by Crippen LogP contribution is -2.13. The van der Waals surface area contributed by atoms with E-state index in [9.17, 15) is 14.3 Å². The van der Waals surface area contributed by atoms with Crippen LogP contribution in [0.25, 0.3) is 32.8 Å². The Labute approximate surface area is 147 Å². The number of nitrogens with zero attached hydrogens (tertiary/aromatic N) is 2. The van der Waals surface area contributed by atoms with E-state index in [1.807, 2.05) is 18.4 Å². The summed E-state index contributed by atoms with van der Waals surface area (Å²) >= 11 is 0. The number of hydrogen-bond acceptors (Lipinski definition) is 3. The molecule has 0 fully saturated rings. The number of halogens is 1. The number of pyridine rings is 1. The summed E-state index contributed by atoms with van der Waals surface area (Å²) in [5.74, 6) is -0.545. The van der Waals surface area contributed by atoms with E-state index >= 15 is 0 Å². The van der Waals surface area contributed by atoms with Crippen molar-refractivity contribution in [1.82, 2.24) is 9.55 Å². The Hall–Kier alpha value is -3.17. The van der Waals surface area contributed by atoms with Gasteiger partial charge in [-0.25, -0.2) is 4.39 Å². The summed E-state index contributed by atoms with van der Waals surface area (Å²) in [7, 11) is 0. The molecule has 0 radical (unpaired) electrons. The van der Waals surface area contributed by atoms with E-state index in [0.717, 1.165) is 5.39 Å². The van der Waals surface area contributed by atoms with E-state index in [2.05, 4.69) is 11.1 Å². The van der Waals surface area contributed by atoms with Crippen LogP contribution in [0.15, 0.2) is 35.1 Å². The standard InChI is InChI=1S/C20H16FN3O2/c1-10(2)24-17-7-15(21)12(9-25)6-14(17)19(26)18-13-4-3-11(8-22)5-16(13)23-20(18)24/h3-7,10,23,25H,9H2,1-2H3. The number of fused-ring (bicyclic) bond motifs is 4. The van der Waals surface area contributed by atoms with Crippen molar-refractivity contribution < 1.29 is 9.50 Å². The highest BCUT2D eigenvalue weighted by Crippen LogP contribution is 2.30. The largest absolute Gasteiger partial charge is 0.392 e. The molecule has 0 aliphatic rings. The van der Waals surface area contributed by atoms with Gasteiger partial charge in [0.05, 0.1) is 29.1 Å². The lowest BCUT2D eigenvalue weighted by atomic mass is 10.1. The molecule has 0 spiro atoms. The van der Waals surface area contributed by atoms with Crippen LogP contribution in [-0.4, -0.2) is 14.7 Å². The smallest absolute Gasteiger partial charge is 0.199 e. The highest BCUT2D eigenvalue weighted by atomic mass is 19.1. The number of nitrogens with one attached hydrogen (secondary N) is 1. The molecule has 2 N–H and O–H groups in total. The Bertz CT molecular complexity index is 1290. The fourth-order valence-electron chi connectivity index (χ4n) is 3.56. The van der Waals surface area contributed by atoms with E-state index in [1.165, 1.54) is 12.1 Å². The van der Waals surface area contributed by atoms with Crippen LogP contribution in [0, 0.1) is 17.1 Å². The van der Waals surface area contributed by atoms with E-state index in [1.54, 1.807) is 18.2 Å². The van der Waals surface area contributed by atoms with Crippen molar-refractivity contribution >= 4 is 32.8 Å². The molecule has 5 nitrogen and oxygen atoms in total. The van der Waals surface area contributed by atoms with Crippen molar-refractivity contribution in [1.29, 1.82) is 5.26 Å². The molecule has 4 aromatic rings. The van der Waals surface area contributed by atoms with Gasteiger partial charge in [-0.15, -0.1) is 0 Å². The number of aromatic amines is 1. The van der Waals surface area contributed by atoms with Crippen molar-refractivity contribution in [2.45, 2.75) is 26.5 Å². The van der Waals surface area contributed by atoms with Crippen molar-refractivity contribution in [2.24, 2.45) is 0 Å². The van der Waals surface area contributed by atoms with E-state index in [0.29, 0.717) is 33.0 Å². The van der Waals surface area contributed by atoms with Crippen LogP contribution in [0.2, 0.25) is 0 Å². The number of aromatic nitrogens is 2. The third-order valence-corrected chi connectivity index (χ3v) is 4.73. The zero-order valence-electron chi connectivity index (χ0n) is 14.3. The minimum atomic E-state index is -0.545. The molecular weight excluding hydrogens is 333 g/mol. The topological polar surface area (TPSA) is 81.8 Å². The maximum absolute atomic E-state index is 14.3. The van der Waals surface area contributed by atoms with E-state index < -0.39 is 12.4 Å². The van der Waals surface area contributed by atoms with Crippen molar-refractivity contribution in [3.05, 3.63) is 57.5 Å². The normalized spacial score (nSPS) is 11.7. The van der Waals surface area contributed by atoms with E-state index in [4.69, 9.17) is 5.26 Å². The molecule has 6 heteroatoms. The zero-order chi connectivity index (χ0) is 18.6. The fourth-order valence-corrected chi connectivity index (χ4v) is 3.56. The Morgan fingerprint density at radius 2 is 2.04 bits per heavy atom. The van der Waals surface area contributed by atoms with Gasteiger partial charge in [0.25, 0.3) is 0 Å². The molecule has 2 heterocycles. The summed E-state index contributed by atoms with van der Waals surface area (Å²) in [5.41, 5.74) is 2.11. The lowest BCUT2D eigenvalue weighted by molar-refractivity contribution is 0.276. The second-order valence-electron chi connectivity index (χ2n) is 6.63. The lowest BCUT2D eigenvalue weighted by Gasteiger charge is -2.17. The predicted octanol–water partition coefficient (Wildman–Crippen LogP) is 3.72. The Morgan fingerprint density at radius 1 is 1.27 bits per heavy atom. The molecule has 0 bridgehead atoms. The molecule has 0 amide bonds. The second kappa shape index (κ2) is 5.68. The van der Waals surface area contributed by atoms with Crippen LogP contribution < -0.4 is 5.43 Å². The van der Waals surface area contributed by atoms with Gasteiger partial charge in [-0.2, -0.15) is 5.26 Å². The monoisotopic (exact) mass is 349 g/mol. The molecule has 4 rings (SSSR count). The van der Waals surface area contributed by atoms with Gasteiger partial charge in [-0.1, -0.05) is 6.07 Å². The van der Waals surface area contributed by atoms with Gasteiger partial charge in [0.2, 0.25) is 0 Å². The predicted molar refractivity (Wildman–Crippen MR) is 98.6 cm³/mol. The number of hydrogen-bond donors (Lipinski definition) is 2. The molecule has 0 aliphatic carbocycles. The average molecular weight is 349 g/mol. The minimum Gasteiger partial charge on any atom is -0.392 e. The van der Waals surface area contributed by atoms with Gasteiger partial charge in [-0.3, -0.25) is 4.79 Å². The Kier molecular flexibility index (Phi) is 3.56. The summed E-state index contributed by atoms with van der Waals surface area (Å²) in [6.45, 7) is 3.43. The molecule has 130 valence electrons. The average Bonchev–Trinajstić information content (AvgIpc) is 2.99. The molecule has 2 aromatic carbocycles. The first-order valence-corrected chi connectivity index (χ1v) is 8.29. The number of benzene rings is 2. The van der Waals surface area contributed by atoms with Gasteiger partial charge in [-0.05, 0) is 38.1 Å². The molecule has 0 unspecified atom stereocenters. The van der Waals surface area contributed by atoms with Crippen LogP contribution in [0.1, 0.15) is 31.0 Å². The van der Waals surface area contributed by atoms with Crippen molar-refractivity contribution in [2.75, 3.05) is 0 Å². The number of H-pyrrole nitrogens is 1. The number of aliphatic hydroxyl groups excluding tert-OH is 1. The summed E-state index contributed by atoms with van der Waals surface area (Å²) < 4.78 is 16.2. The van der Waals surface area contributed by atoms with Gasteiger partial charge < -0.3 is 14.7 Å². The molecule has 0 atom stereocenters. The highest BCUT2D eigenvalue weighted by Gasteiger charge is 2.19. The van der Waals surface area contributed by atoms with Crippen LogP contribution >= 0.6 is 0 Å². The van der Waals surface area contributed by atoms with Gasteiger partial charge in [0.1, 0.15) is 11.5 Å². The van der Waals surface area contributed by atoms with Gasteiger partial charge >= 0.3 is 0 Å². The number of rotatable bonds is 2. The summed E-state index contributed by atoms with van der Waals surface area (Å²) in [6.07, 6.45) is 0. The fraction of sp³-hybridized carbons (Fsp3) is 0.200. The maximum atomic E-state index is 14.3.